The summed E-state index contributed by atoms with van der Waals surface area (Å²) in [6.07, 6.45) is 1.02. The lowest BCUT2D eigenvalue weighted by molar-refractivity contribution is -0.139. The van der Waals surface area contributed by atoms with Crippen molar-refractivity contribution in [3.63, 3.8) is 0 Å². The first-order chi connectivity index (χ1) is 14.7. The Hall–Kier alpha value is -2.93. The van der Waals surface area contributed by atoms with E-state index < -0.39 is 12.0 Å². The quantitative estimate of drug-likeness (QED) is 0.715. The molecule has 0 aromatic heterocycles. The minimum atomic E-state index is -0.550. The van der Waals surface area contributed by atoms with Gasteiger partial charge in [-0.2, -0.15) is 0 Å². The zero-order chi connectivity index (χ0) is 20.9. The standard InChI is InChI=1S/C23H25N3O3S/c1-2-29-22(27)20-17(24-23(28)25-21(20)16-9-4-3-5-10-16)15-26-13-8-14-30-19-12-7-6-11-18(19)26/h3-7,9-12,21H,2,8,13-15H2,1H3,(H2,24,25,28)/t21-/m0/s1. The fraction of sp³-hybridized carbons (Fsp3) is 0.304. The molecule has 0 saturated carbocycles. The van der Waals surface area contributed by atoms with Crippen molar-refractivity contribution < 1.29 is 14.3 Å². The fourth-order valence-corrected chi connectivity index (χ4v) is 4.85. The maximum absolute atomic E-state index is 13.0. The molecule has 2 aromatic rings. The number of thioether (sulfide) groups is 1. The second-order valence-electron chi connectivity index (χ2n) is 7.15. The Morgan fingerprint density at radius 1 is 1.17 bits per heavy atom. The van der Waals surface area contributed by atoms with E-state index in [0.717, 1.165) is 30.0 Å². The Bertz CT molecular complexity index is 961. The van der Waals surface area contributed by atoms with Gasteiger partial charge in [0, 0.05) is 11.4 Å². The molecule has 0 radical (unpaired) electrons. The van der Waals surface area contributed by atoms with Crippen molar-refractivity contribution in [1.29, 1.82) is 0 Å². The molecule has 2 heterocycles. The second kappa shape index (κ2) is 9.26. The molecule has 0 spiro atoms. The number of esters is 1. The number of carbonyl (C=O) groups excluding carboxylic acids is 2. The van der Waals surface area contributed by atoms with Crippen LogP contribution in [0.1, 0.15) is 24.9 Å². The van der Waals surface area contributed by atoms with Crippen molar-refractivity contribution in [1.82, 2.24) is 10.6 Å². The first kappa shape index (κ1) is 20.3. The molecule has 2 N–H and O–H groups in total. The Morgan fingerprint density at radius 2 is 1.93 bits per heavy atom. The van der Waals surface area contributed by atoms with Crippen LogP contribution in [0, 0.1) is 0 Å². The Morgan fingerprint density at radius 3 is 2.73 bits per heavy atom. The van der Waals surface area contributed by atoms with Crippen molar-refractivity contribution >= 4 is 29.4 Å². The van der Waals surface area contributed by atoms with Crippen LogP contribution in [0.3, 0.4) is 0 Å². The van der Waals surface area contributed by atoms with E-state index >= 15 is 0 Å². The Kier molecular flexibility index (Phi) is 6.28. The van der Waals surface area contributed by atoms with E-state index in [2.05, 4.69) is 27.7 Å². The molecule has 2 aromatic carbocycles. The number of ether oxygens (including phenoxy) is 1. The smallest absolute Gasteiger partial charge is 0.338 e. The van der Waals surface area contributed by atoms with Crippen LogP contribution in [0.15, 0.2) is 70.8 Å². The summed E-state index contributed by atoms with van der Waals surface area (Å²) in [5.41, 5.74) is 3.02. The number of benzene rings is 2. The number of hydrogen-bond acceptors (Lipinski definition) is 5. The van der Waals surface area contributed by atoms with E-state index in [-0.39, 0.29) is 12.6 Å². The highest BCUT2D eigenvalue weighted by Gasteiger charge is 2.34. The number of nitrogens with zero attached hydrogens (tertiary/aromatic N) is 1. The molecule has 7 heteroatoms. The van der Waals surface area contributed by atoms with Gasteiger partial charge < -0.3 is 20.3 Å². The van der Waals surface area contributed by atoms with Crippen LogP contribution in [-0.2, 0) is 9.53 Å². The first-order valence-corrected chi connectivity index (χ1v) is 11.2. The first-order valence-electron chi connectivity index (χ1n) is 10.2. The van der Waals surface area contributed by atoms with Crippen LogP contribution in [0.4, 0.5) is 10.5 Å². The molecule has 0 unspecified atom stereocenters. The number of hydrogen-bond donors (Lipinski definition) is 2. The van der Waals surface area contributed by atoms with Gasteiger partial charge in [-0.3, -0.25) is 0 Å². The van der Waals surface area contributed by atoms with Crippen molar-refractivity contribution in [2.24, 2.45) is 0 Å². The average Bonchev–Trinajstić information content (AvgIpc) is 2.96. The molecule has 2 aliphatic heterocycles. The summed E-state index contributed by atoms with van der Waals surface area (Å²) in [5.74, 6) is 0.629. The van der Waals surface area contributed by atoms with Crippen molar-refractivity contribution in [3.8, 4) is 0 Å². The lowest BCUT2D eigenvalue weighted by atomic mass is 9.95. The summed E-state index contributed by atoms with van der Waals surface area (Å²) in [6, 6.07) is 16.9. The minimum absolute atomic E-state index is 0.272. The number of anilines is 1. The largest absolute Gasteiger partial charge is 0.463 e. The molecular formula is C23H25N3O3S. The molecule has 156 valence electrons. The highest BCUT2D eigenvalue weighted by Crippen LogP contribution is 2.35. The minimum Gasteiger partial charge on any atom is -0.463 e. The van der Waals surface area contributed by atoms with Gasteiger partial charge in [-0.25, -0.2) is 9.59 Å². The summed E-state index contributed by atoms with van der Waals surface area (Å²) < 4.78 is 5.37. The number of carbonyl (C=O) groups is 2. The van der Waals surface area contributed by atoms with Crippen LogP contribution < -0.4 is 15.5 Å². The van der Waals surface area contributed by atoms with Gasteiger partial charge in [0.15, 0.2) is 0 Å². The summed E-state index contributed by atoms with van der Waals surface area (Å²) in [7, 11) is 0. The highest BCUT2D eigenvalue weighted by atomic mass is 32.2. The van der Waals surface area contributed by atoms with Crippen LogP contribution in [-0.4, -0.2) is 37.4 Å². The van der Waals surface area contributed by atoms with E-state index in [9.17, 15) is 9.59 Å². The fourth-order valence-electron chi connectivity index (χ4n) is 3.84. The zero-order valence-corrected chi connectivity index (χ0v) is 17.7. The predicted octanol–water partition coefficient (Wildman–Crippen LogP) is 3.86. The molecule has 2 amide bonds. The number of amides is 2. The van der Waals surface area contributed by atoms with Gasteiger partial charge in [-0.15, -0.1) is 11.8 Å². The molecule has 0 aliphatic carbocycles. The van der Waals surface area contributed by atoms with Gasteiger partial charge in [-0.1, -0.05) is 42.5 Å². The SMILES string of the molecule is CCOC(=O)C1=C(CN2CCCSc3ccccc32)NC(=O)N[C@H]1c1ccccc1. The van der Waals surface area contributed by atoms with Crippen molar-refractivity contribution in [2.45, 2.75) is 24.3 Å². The van der Waals surface area contributed by atoms with Gasteiger partial charge in [0.2, 0.25) is 0 Å². The third-order valence-electron chi connectivity index (χ3n) is 5.17. The van der Waals surface area contributed by atoms with Gasteiger partial charge in [-0.05, 0) is 36.8 Å². The molecule has 6 nitrogen and oxygen atoms in total. The number of urea groups is 1. The average molecular weight is 424 g/mol. The van der Waals surface area contributed by atoms with Gasteiger partial charge >= 0.3 is 12.0 Å². The zero-order valence-electron chi connectivity index (χ0n) is 16.9. The van der Waals surface area contributed by atoms with E-state index in [1.165, 1.54) is 4.90 Å². The molecule has 0 saturated heterocycles. The summed E-state index contributed by atoms with van der Waals surface area (Å²) in [6.45, 7) is 3.34. The summed E-state index contributed by atoms with van der Waals surface area (Å²) in [5, 5.41) is 5.77. The molecule has 1 atom stereocenters. The lowest BCUT2D eigenvalue weighted by Crippen LogP contribution is -2.48. The van der Waals surface area contributed by atoms with Gasteiger partial charge in [0.05, 0.1) is 36.2 Å². The third kappa shape index (κ3) is 4.31. The normalized spacial score (nSPS) is 18.8. The van der Waals surface area contributed by atoms with Crippen molar-refractivity contribution in [3.05, 3.63) is 71.4 Å². The maximum atomic E-state index is 13.0. The van der Waals surface area contributed by atoms with E-state index in [4.69, 9.17) is 4.74 Å². The number of rotatable bonds is 5. The van der Waals surface area contributed by atoms with E-state index in [0.29, 0.717) is 17.8 Å². The van der Waals surface area contributed by atoms with Crippen LogP contribution in [0.2, 0.25) is 0 Å². The molecule has 2 aliphatic rings. The van der Waals surface area contributed by atoms with Crippen LogP contribution in [0.5, 0.6) is 0 Å². The molecule has 0 fully saturated rings. The topological polar surface area (TPSA) is 70.7 Å². The van der Waals surface area contributed by atoms with Crippen LogP contribution in [0.25, 0.3) is 0 Å². The number of para-hydroxylation sites is 1. The predicted molar refractivity (Wildman–Crippen MR) is 119 cm³/mol. The Labute approximate surface area is 180 Å². The highest BCUT2D eigenvalue weighted by molar-refractivity contribution is 7.99. The second-order valence-corrected chi connectivity index (χ2v) is 8.28. The van der Waals surface area contributed by atoms with Gasteiger partial charge in [0.25, 0.3) is 0 Å². The number of nitrogens with one attached hydrogen (secondary N) is 2. The lowest BCUT2D eigenvalue weighted by Gasteiger charge is -2.33. The summed E-state index contributed by atoms with van der Waals surface area (Å²) in [4.78, 5) is 28.9. The summed E-state index contributed by atoms with van der Waals surface area (Å²) >= 11 is 1.84. The molecular weight excluding hydrogens is 398 g/mol. The van der Waals surface area contributed by atoms with E-state index in [1.54, 1.807) is 6.92 Å². The maximum Gasteiger partial charge on any atom is 0.338 e. The van der Waals surface area contributed by atoms with Gasteiger partial charge in [0.1, 0.15) is 0 Å². The molecule has 0 bridgehead atoms. The van der Waals surface area contributed by atoms with E-state index in [1.807, 2.05) is 54.2 Å². The molecule has 4 rings (SSSR count). The molecule has 30 heavy (non-hydrogen) atoms. The third-order valence-corrected chi connectivity index (χ3v) is 6.32. The van der Waals surface area contributed by atoms with Crippen molar-refractivity contribution in [2.75, 3.05) is 30.3 Å². The Balaban J connectivity index is 1.75. The monoisotopic (exact) mass is 423 g/mol. The number of fused-ring (bicyclic) bond motifs is 1. The van der Waals surface area contributed by atoms with Crippen LogP contribution >= 0.6 is 11.8 Å².